The van der Waals surface area contributed by atoms with Gasteiger partial charge in [0, 0.05) is 16.5 Å². The highest BCUT2D eigenvalue weighted by Crippen LogP contribution is 2.49. The number of nitrogens with zero attached hydrogens (tertiary/aromatic N) is 1. The average molecular weight is 367 g/mol. The van der Waals surface area contributed by atoms with Gasteiger partial charge < -0.3 is 14.9 Å². The van der Waals surface area contributed by atoms with Crippen LogP contribution in [-0.4, -0.2) is 21.4 Å². The van der Waals surface area contributed by atoms with Gasteiger partial charge in [-0.15, -0.1) is 0 Å². The third-order valence-corrected chi connectivity index (χ3v) is 4.42. The van der Waals surface area contributed by atoms with E-state index in [4.69, 9.17) is 10.00 Å². The van der Waals surface area contributed by atoms with Crippen molar-refractivity contribution < 1.29 is 32.9 Å². The lowest BCUT2D eigenvalue weighted by molar-refractivity contribution is 0.0861. The van der Waals surface area contributed by atoms with Crippen LogP contribution in [0.1, 0.15) is 27.9 Å². The second-order valence-electron chi connectivity index (χ2n) is 5.04. The van der Waals surface area contributed by atoms with Gasteiger partial charge in [-0.1, -0.05) is 11.8 Å². The summed E-state index contributed by atoms with van der Waals surface area (Å²) in [6.45, 7) is 0. The number of aliphatic hydroxyl groups is 1. The molecule has 1 aliphatic rings. The van der Waals surface area contributed by atoms with E-state index >= 15 is 0 Å². The number of alkyl halides is 2. The van der Waals surface area contributed by atoms with E-state index in [1.54, 1.807) is 6.07 Å². The fourth-order valence-corrected chi connectivity index (χ4v) is 3.38. The van der Waals surface area contributed by atoms with Crippen molar-refractivity contribution in [3.63, 3.8) is 0 Å². The van der Waals surface area contributed by atoms with Gasteiger partial charge in [-0.25, -0.2) is 13.2 Å². The predicted molar refractivity (Wildman–Crippen MR) is 80.4 cm³/mol. The highest BCUT2D eigenvalue weighted by atomic mass is 32.2. The number of ketones is 1. The minimum atomic E-state index is -3.20. The molecule has 0 saturated heterocycles. The van der Waals surface area contributed by atoms with Crippen molar-refractivity contribution in [2.45, 2.75) is 16.8 Å². The summed E-state index contributed by atoms with van der Waals surface area (Å²) in [5.41, 5.74) is -3.01. The first-order valence-corrected chi connectivity index (χ1v) is 7.65. The lowest BCUT2D eigenvalue weighted by Gasteiger charge is -2.15. The zero-order valence-electron chi connectivity index (χ0n) is 12.2. The number of halogens is 3. The molecule has 1 atom stereocenters. The van der Waals surface area contributed by atoms with Crippen LogP contribution in [0.5, 0.6) is 17.2 Å². The number of hydrogen-bond acceptors (Lipinski definition) is 6. The Morgan fingerprint density at radius 3 is 2.64 bits per heavy atom. The second-order valence-corrected chi connectivity index (χ2v) is 6.16. The second kappa shape index (κ2) is 6.31. The first-order chi connectivity index (χ1) is 11.8. The summed E-state index contributed by atoms with van der Waals surface area (Å²) in [5.74, 6) is -3.50. The minimum absolute atomic E-state index is 0.00499. The highest BCUT2D eigenvalue weighted by molar-refractivity contribution is 8.01. The van der Waals surface area contributed by atoms with Crippen LogP contribution in [0.4, 0.5) is 13.2 Å². The molecule has 2 aromatic rings. The van der Waals surface area contributed by atoms with Crippen LogP contribution in [0, 0.1) is 17.1 Å². The van der Waals surface area contributed by atoms with Crippen molar-refractivity contribution in [2.24, 2.45) is 0 Å². The molecular weight excluding hydrogens is 359 g/mol. The molecule has 0 bridgehead atoms. The number of fused-ring (bicyclic) bond motifs is 1. The molecule has 3 rings (SSSR count). The smallest absolute Gasteiger partial charge is 0.268 e. The van der Waals surface area contributed by atoms with Gasteiger partial charge in [-0.3, -0.25) is 4.79 Å². The van der Waals surface area contributed by atoms with Gasteiger partial charge in [0.25, 0.3) is 6.43 Å². The van der Waals surface area contributed by atoms with Gasteiger partial charge >= 0.3 is 0 Å². The summed E-state index contributed by atoms with van der Waals surface area (Å²) in [6, 6.07) is 5.54. The molecule has 0 fully saturated rings. The maximum absolute atomic E-state index is 13.5. The molecule has 0 amide bonds. The van der Waals surface area contributed by atoms with Crippen LogP contribution in [0.2, 0.25) is 0 Å². The summed E-state index contributed by atoms with van der Waals surface area (Å²) in [4.78, 5) is 11.9. The molecule has 1 unspecified atom stereocenters. The molecule has 1 heterocycles. The third kappa shape index (κ3) is 3.01. The van der Waals surface area contributed by atoms with Crippen LogP contribution >= 0.6 is 11.8 Å². The number of phenolic OH excluding ortho intramolecular Hbond substituents is 1. The van der Waals surface area contributed by atoms with Crippen LogP contribution in [0.15, 0.2) is 29.2 Å². The number of hydrogen-bond donors (Lipinski definition) is 2. The number of benzene rings is 2. The zero-order chi connectivity index (χ0) is 18.3. The monoisotopic (exact) mass is 367 g/mol. The Morgan fingerprint density at radius 2 is 2.00 bits per heavy atom. The Morgan fingerprint density at radius 1 is 1.28 bits per heavy atom. The average Bonchev–Trinajstić information content (AvgIpc) is 2.81. The molecule has 0 aromatic heterocycles. The summed E-state index contributed by atoms with van der Waals surface area (Å²) in [6.07, 6.45) is -3.20. The molecule has 2 N–H and O–H groups in total. The van der Waals surface area contributed by atoms with Gasteiger partial charge in [0.05, 0.1) is 17.2 Å². The third-order valence-electron chi connectivity index (χ3n) is 3.41. The van der Waals surface area contributed by atoms with Crippen molar-refractivity contribution >= 4 is 17.5 Å². The van der Waals surface area contributed by atoms with Gasteiger partial charge in [0.1, 0.15) is 11.6 Å². The number of carbonyl (C=O) groups excluding carboxylic acids is 1. The summed E-state index contributed by atoms with van der Waals surface area (Å²) in [5, 5.41) is 28.4. The Labute approximate surface area is 143 Å². The molecule has 0 radical (unpaired) electrons. The Hall–Kier alpha value is -2.70. The maximum atomic E-state index is 13.5. The van der Waals surface area contributed by atoms with Gasteiger partial charge in [-0.2, -0.15) is 5.26 Å². The normalized spacial score (nSPS) is 16.0. The van der Waals surface area contributed by atoms with E-state index in [2.05, 4.69) is 0 Å². The topological polar surface area (TPSA) is 90.5 Å². The first kappa shape index (κ1) is 17.1. The number of phenols is 1. The van der Waals surface area contributed by atoms with Crippen molar-refractivity contribution in [1.82, 2.24) is 0 Å². The number of Topliss-reactive ketones (excluding diaryl/α,β-unsaturated/α-hetero) is 1. The van der Waals surface area contributed by atoms with E-state index in [1.807, 2.05) is 0 Å². The maximum Gasteiger partial charge on any atom is 0.268 e. The highest BCUT2D eigenvalue weighted by Gasteiger charge is 2.38. The van der Waals surface area contributed by atoms with Gasteiger partial charge in [-0.05, 0) is 18.2 Å². The number of ether oxygens (including phenoxy) is 1. The van der Waals surface area contributed by atoms with Crippen LogP contribution in [0.25, 0.3) is 0 Å². The number of nitriles is 1. The van der Waals surface area contributed by atoms with E-state index in [1.165, 1.54) is 0 Å². The number of aromatic hydroxyl groups is 1. The number of rotatable bonds is 3. The Bertz CT molecular complexity index is 927. The zero-order valence-corrected chi connectivity index (χ0v) is 13.0. The fourth-order valence-electron chi connectivity index (χ4n) is 2.41. The first-order valence-electron chi connectivity index (χ1n) is 6.77. The number of aliphatic hydroxyl groups excluding tert-OH is 1. The minimum Gasteiger partial charge on any atom is -0.504 e. The lowest BCUT2D eigenvalue weighted by Crippen LogP contribution is -2.12. The van der Waals surface area contributed by atoms with Gasteiger partial charge in [0.2, 0.25) is 5.78 Å². The lowest BCUT2D eigenvalue weighted by atomic mass is 10.0. The quantitative estimate of drug-likeness (QED) is 0.859. The van der Waals surface area contributed by atoms with Crippen molar-refractivity contribution in [1.29, 1.82) is 5.26 Å². The molecule has 2 aromatic carbocycles. The van der Waals surface area contributed by atoms with Crippen LogP contribution in [0.3, 0.4) is 0 Å². The summed E-state index contributed by atoms with van der Waals surface area (Å²) < 4.78 is 45.7. The van der Waals surface area contributed by atoms with Crippen molar-refractivity contribution in [2.75, 3.05) is 0 Å². The molecule has 1 aliphatic heterocycles. The van der Waals surface area contributed by atoms with E-state index in [9.17, 15) is 28.2 Å². The molecule has 9 heteroatoms. The van der Waals surface area contributed by atoms with Crippen LogP contribution < -0.4 is 4.74 Å². The molecule has 0 spiro atoms. The predicted octanol–water partition coefficient (Wildman–Crippen LogP) is 3.74. The SMILES string of the molecule is N#Cc1cc(F)cc(Oc2c(O)cc3c(c2C(F)F)C(=O)C(O)S3)c1. The molecule has 0 saturated carbocycles. The standard InChI is InChI=1S/C16H8F3NO4S/c17-7-1-6(5-20)2-8(3-7)24-14-9(21)4-10-11(12(14)15(18)19)13(22)16(23)25-10/h1-4,15-16,21,23H. The Kier molecular flexibility index (Phi) is 4.32. The van der Waals surface area contributed by atoms with E-state index in [0.717, 1.165) is 24.3 Å². The van der Waals surface area contributed by atoms with E-state index < -0.39 is 46.1 Å². The van der Waals surface area contributed by atoms with E-state index in [-0.39, 0.29) is 16.2 Å². The molecule has 0 aliphatic carbocycles. The van der Waals surface area contributed by atoms with Crippen molar-refractivity contribution in [3.8, 4) is 23.3 Å². The van der Waals surface area contributed by atoms with Crippen LogP contribution in [-0.2, 0) is 0 Å². The molecular formula is C16H8F3NO4S. The Balaban J connectivity index is 2.16. The summed E-state index contributed by atoms with van der Waals surface area (Å²) >= 11 is 0.622. The van der Waals surface area contributed by atoms with Gasteiger partial charge in [0.15, 0.2) is 16.9 Å². The fraction of sp³-hybridized carbons (Fsp3) is 0.125. The van der Waals surface area contributed by atoms with E-state index in [0.29, 0.717) is 11.8 Å². The molecule has 25 heavy (non-hydrogen) atoms. The van der Waals surface area contributed by atoms with Crippen molar-refractivity contribution in [3.05, 3.63) is 46.8 Å². The molecule has 128 valence electrons. The summed E-state index contributed by atoms with van der Waals surface area (Å²) in [7, 11) is 0. The number of thioether (sulfide) groups is 1. The molecule has 5 nitrogen and oxygen atoms in total. The number of carbonyl (C=O) groups is 1. The largest absolute Gasteiger partial charge is 0.504 e.